The van der Waals surface area contributed by atoms with E-state index in [0.717, 1.165) is 5.56 Å². The first-order valence-electron chi connectivity index (χ1n) is 13.8. The molecule has 2 heterocycles. The smallest absolute Gasteiger partial charge is 0.479 e. The zero-order chi connectivity index (χ0) is 30.8. The van der Waals surface area contributed by atoms with Crippen molar-refractivity contribution < 1.29 is 58.2 Å². The van der Waals surface area contributed by atoms with Crippen LogP contribution in [0.5, 0.6) is 11.5 Å². The minimum Gasteiger partial charge on any atom is -0.479 e. The number of esters is 2. The van der Waals surface area contributed by atoms with E-state index in [9.17, 15) is 29.4 Å². The molecule has 13 heteroatoms. The maximum absolute atomic E-state index is 13.0. The highest BCUT2D eigenvalue weighted by Crippen LogP contribution is 2.65. The molecule has 6 atom stereocenters. The zero-order valence-corrected chi connectivity index (χ0v) is 24.0. The Kier molecular flexibility index (Phi) is 7.27. The van der Waals surface area contributed by atoms with Crippen molar-refractivity contribution >= 4 is 24.1 Å². The molecule has 0 unspecified atom stereocenters. The van der Waals surface area contributed by atoms with Crippen molar-refractivity contribution in [2.75, 3.05) is 13.6 Å². The fraction of sp³-hybridized carbons (Fsp3) is 0.586. The fourth-order valence-corrected chi connectivity index (χ4v) is 6.61. The van der Waals surface area contributed by atoms with Gasteiger partial charge in [-0.3, -0.25) is 4.79 Å². The molecule has 5 rings (SSSR count). The van der Waals surface area contributed by atoms with Crippen molar-refractivity contribution in [2.45, 2.75) is 94.3 Å². The average molecular weight is 590 g/mol. The van der Waals surface area contributed by atoms with E-state index in [1.807, 2.05) is 13.1 Å². The van der Waals surface area contributed by atoms with E-state index in [-0.39, 0.29) is 29.7 Å². The average Bonchev–Trinajstić information content (AvgIpc) is 3.23. The highest BCUT2D eigenvalue weighted by molar-refractivity contribution is 5.83. The number of aliphatic carboxylic acids is 1. The Morgan fingerprint density at radius 2 is 1.90 bits per heavy atom. The third kappa shape index (κ3) is 4.78. The Bertz CT molecular complexity index is 1360. The van der Waals surface area contributed by atoms with Crippen molar-refractivity contribution in [1.29, 1.82) is 0 Å². The largest absolute Gasteiger partial charge is 0.514 e. The Morgan fingerprint density at radius 1 is 1.19 bits per heavy atom. The number of piperidine rings is 1. The van der Waals surface area contributed by atoms with E-state index < -0.39 is 65.4 Å². The monoisotopic (exact) mass is 589 g/mol. The van der Waals surface area contributed by atoms with E-state index in [4.69, 9.17) is 28.8 Å². The molecule has 0 aromatic heterocycles. The summed E-state index contributed by atoms with van der Waals surface area (Å²) in [6, 6.07) is 3.20. The van der Waals surface area contributed by atoms with Gasteiger partial charge in [0.15, 0.2) is 29.8 Å². The lowest BCUT2D eigenvalue weighted by Gasteiger charge is -2.61. The predicted molar refractivity (Wildman–Crippen MR) is 142 cm³/mol. The third-order valence-corrected chi connectivity index (χ3v) is 8.42. The highest BCUT2D eigenvalue weighted by atomic mass is 16.7. The molecule has 1 spiro atoms. The summed E-state index contributed by atoms with van der Waals surface area (Å²) in [6.07, 6.45) is -3.44. The number of aliphatic hydroxyl groups is 2. The first-order chi connectivity index (χ1) is 19.6. The summed E-state index contributed by atoms with van der Waals surface area (Å²) in [7, 11) is 1.95. The number of carboxylic acids is 1. The van der Waals surface area contributed by atoms with Gasteiger partial charge in [0.1, 0.15) is 11.4 Å². The summed E-state index contributed by atoms with van der Waals surface area (Å²) in [5.41, 5.74) is -1.51. The number of hydrogen-bond acceptors (Lipinski definition) is 12. The molecule has 1 aromatic rings. The standard InChI is InChI=1S/C29H35NO12/c1-14(38-20(32)13-16(31)24(33)34)25(35)39-18-8-9-29(37)19-12-15-6-7-17(40-26(36)42-27(2,3)4)22-21(15)28(29,23(18)41-22)10-11-30(19)5/h6-8,14,16,19,23,31,37H,9-13H2,1-5H3,(H,33,34)/t14-,16-,19+,23-,28-,29+/m0/s1. The summed E-state index contributed by atoms with van der Waals surface area (Å²) >= 11 is 0. The molecule has 13 nitrogen and oxygen atoms in total. The van der Waals surface area contributed by atoms with E-state index in [0.29, 0.717) is 24.9 Å². The number of benzene rings is 1. The van der Waals surface area contributed by atoms with Gasteiger partial charge in [0, 0.05) is 18.0 Å². The SMILES string of the molecule is C[C@H](OC(=O)C[C@H](O)C(=O)O)C(=O)OC1=CC[C@@]2(O)[C@H]3Cc4ccc(OC(=O)OC(C)(C)C)c5c4[C@@]2(CCN3C)[C@H]1O5. The van der Waals surface area contributed by atoms with Gasteiger partial charge in [0.05, 0.1) is 17.4 Å². The summed E-state index contributed by atoms with van der Waals surface area (Å²) in [6.45, 7) is 7.00. The van der Waals surface area contributed by atoms with Gasteiger partial charge in [-0.1, -0.05) is 6.07 Å². The van der Waals surface area contributed by atoms with Crippen molar-refractivity contribution in [3.8, 4) is 11.5 Å². The van der Waals surface area contributed by atoms with Crippen LogP contribution >= 0.6 is 0 Å². The Labute approximate surface area is 241 Å². The lowest BCUT2D eigenvalue weighted by Crippen LogP contribution is -2.74. The number of hydrogen-bond donors (Lipinski definition) is 3. The van der Waals surface area contributed by atoms with Crippen LogP contribution < -0.4 is 9.47 Å². The van der Waals surface area contributed by atoms with E-state index >= 15 is 0 Å². The quantitative estimate of drug-likeness (QED) is 0.237. The Balaban J connectivity index is 1.46. The second-order valence-electron chi connectivity index (χ2n) is 12.3. The molecule has 2 aliphatic carbocycles. The second kappa shape index (κ2) is 10.2. The van der Waals surface area contributed by atoms with Crippen LogP contribution in [0.1, 0.15) is 58.1 Å². The maximum atomic E-state index is 13.0. The molecule has 2 aliphatic heterocycles. The van der Waals surface area contributed by atoms with Gasteiger partial charge in [-0.2, -0.15) is 0 Å². The summed E-state index contributed by atoms with van der Waals surface area (Å²) in [5.74, 6) is -3.17. The molecule has 3 N–H and O–H groups in total. The van der Waals surface area contributed by atoms with Gasteiger partial charge in [-0.15, -0.1) is 0 Å². The van der Waals surface area contributed by atoms with Gasteiger partial charge in [0.2, 0.25) is 0 Å². The first-order valence-corrected chi connectivity index (χ1v) is 13.8. The van der Waals surface area contributed by atoms with Crippen molar-refractivity contribution in [1.82, 2.24) is 4.90 Å². The van der Waals surface area contributed by atoms with Gasteiger partial charge >= 0.3 is 24.1 Å². The minimum atomic E-state index is -1.97. The number of carbonyl (C=O) groups is 4. The van der Waals surface area contributed by atoms with Crippen LogP contribution in [0, 0.1) is 0 Å². The van der Waals surface area contributed by atoms with Crippen LogP contribution in [-0.4, -0.2) is 93.4 Å². The number of carbonyl (C=O) groups excluding carboxylic acids is 3. The molecule has 1 saturated heterocycles. The fourth-order valence-electron chi connectivity index (χ4n) is 6.61. The molecule has 228 valence electrons. The van der Waals surface area contributed by atoms with Crippen LogP contribution in [0.15, 0.2) is 24.0 Å². The molecule has 42 heavy (non-hydrogen) atoms. The molecule has 1 aromatic carbocycles. The third-order valence-electron chi connectivity index (χ3n) is 8.42. The van der Waals surface area contributed by atoms with Gasteiger partial charge < -0.3 is 43.9 Å². The van der Waals surface area contributed by atoms with Gasteiger partial charge in [-0.05, 0) is 71.8 Å². The lowest BCUT2D eigenvalue weighted by atomic mass is 9.50. The highest BCUT2D eigenvalue weighted by Gasteiger charge is 2.72. The number of aliphatic hydroxyl groups excluding tert-OH is 1. The van der Waals surface area contributed by atoms with E-state index in [1.165, 1.54) is 6.92 Å². The van der Waals surface area contributed by atoms with Crippen LogP contribution in [0.4, 0.5) is 4.79 Å². The molecule has 0 saturated carbocycles. The van der Waals surface area contributed by atoms with Crippen molar-refractivity contribution in [2.24, 2.45) is 0 Å². The number of carboxylic acid groups (broad SMARTS) is 1. The van der Waals surface area contributed by atoms with Crippen LogP contribution in [0.3, 0.4) is 0 Å². The number of likely N-dealkylation sites (tertiary alicyclic amines) is 1. The second-order valence-corrected chi connectivity index (χ2v) is 12.3. The summed E-state index contributed by atoms with van der Waals surface area (Å²) in [5, 5.41) is 30.5. The normalized spacial score (nSPS) is 28.8. The van der Waals surface area contributed by atoms with Crippen LogP contribution in [-0.2, 0) is 40.4 Å². The van der Waals surface area contributed by atoms with Crippen LogP contribution in [0.2, 0.25) is 0 Å². The van der Waals surface area contributed by atoms with Crippen molar-refractivity contribution in [3.05, 3.63) is 35.1 Å². The molecular weight excluding hydrogens is 554 g/mol. The van der Waals surface area contributed by atoms with Crippen molar-refractivity contribution in [3.63, 3.8) is 0 Å². The number of ether oxygens (including phenoxy) is 5. The lowest BCUT2D eigenvalue weighted by molar-refractivity contribution is -0.176. The first kappa shape index (κ1) is 29.8. The summed E-state index contributed by atoms with van der Waals surface area (Å²) < 4.78 is 28.0. The molecule has 0 radical (unpaired) electrons. The molecule has 4 aliphatic rings. The van der Waals surface area contributed by atoms with E-state index in [2.05, 4.69) is 4.90 Å². The van der Waals surface area contributed by atoms with Crippen LogP contribution in [0.25, 0.3) is 0 Å². The number of likely N-dealkylation sites (N-methyl/N-ethyl adjacent to an activating group) is 1. The van der Waals surface area contributed by atoms with E-state index in [1.54, 1.807) is 32.9 Å². The predicted octanol–water partition coefficient (Wildman–Crippen LogP) is 1.59. The molecular formula is C29H35NO12. The molecule has 1 fully saturated rings. The molecule has 0 amide bonds. The maximum Gasteiger partial charge on any atom is 0.514 e. The summed E-state index contributed by atoms with van der Waals surface area (Å²) in [4.78, 5) is 50.5. The Morgan fingerprint density at radius 3 is 2.57 bits per heavy atom. The number of nitrogens with zero attached hydrogens (tertiary/aromatic N) is 1. The number of rotatable bonds is 7. The minimum absolute atomic E-state index is 0.105. The topological polar surface area (TPSA) is 178 Å². The Hall–Kier alpha value is -3.68. The zero-order valence-electron chi connectivity index (χ0n) is 24.0. The van der Waals surface area contributed by atoms with Gasteiger partial charge in [0.25, 0.3) is 0 Å². The molecule has 2 bridgehead atoms. The van der Waals surface area contributed by atoms with Gasteiger partial charge in [-0.25, -0.2) is 14.4 Å².